The number of allylic oxidation sites excluding steroid dienone is 2. The zero-order valence-electron chi connectivity index (χ0n) is 18.8. The Morgan fingerprint density at radius 3 is 2.35 bits per heavy atom. The minimum Gasteiger partial charge on any atom is -0.358 e. The zero-order chi connectivity index (χ0) is 25.7. The first-order valence-electron chi connectivity index (χ1n) is 9.78. The van der Waals surface area contributed by atoms with E-state index in [4.69, 9.17) is 4.18 Å². The van der Waals surface area contributed by atoms with Crippen molar-refractivity contribution in [2.45, 2.75) is 31.7 Å². The molecule has 0 amide bonds. The lowest BCUT2D eigenvalue weighted by Gasteiger charge is -2.12. The van der Waals surface area contributed by atoms with E-state index < -0.39 is 43.8 Å². The second-order valence-electron chi connectivity index (χ2n) is 7.27. The Hall–Kier alpha value is -3.13. The molecule has 34 heavy (non-hydrogen) atoms. The van der Waals surface area contributed by atoms with Gasteiger partial charge in [-0.05, 0) is 38.1 Å². The van der Waals surface area contributed by atoms with Crippen molar-refractivity contribution in [1.29, 1.82) is 0 Å². The van der Waals surface area contributed by atoms with Gasteiger partial charge in [-0.2, -0.15) is 18.6 Å². The fraction of sp³-hybridized carbons (Fsp3) is 0.350. The second-order valence-corrected chi connectivity index (χ2v) is 10.9. The topological polar surface area (TPSA) is 128 Å². The summed E-state index contributed by atoms with van der Waals surface area (Å²) in [4.78, 5) is 12.5. The van der Waals surface area contributed by atoms with Gasteiger partial charge in [0.2, 0.25) is 5.88 Å². The van der Waals surface area contributed by atoms with Crippen molar-refractivity contribution >= 4 is 31.5 Å². The zero-order valence-corrected chi connectivity index (χ0v) is 20.5. The molecule has 0 aliphatic carbocycles. The Morgan fingerprint density at radius 2 is 1.82 bits per heavy atom. The van der Waals surface area contributed by atoms with Gasteiger partial charge in [0.1, 0.15) is 22.0 Å². The predicted molar refractivity (Wildman–Crippen MR) is 121 cm³/mol. The Bertz CT molecular complexity index is 1300. The van der Waals surface area contributed by atoms with Crippen LogP contribution in [-0.4, -0.2) is 68.7 Å². The monoisotopic (exact) mass is 518 g/mol. The number of carbonyl (C=O) groups is 1. The molecule has 0 aliphatic heterocycles. The van der Waals surface area contributed by atoms with Crippen LogP contribution in [0.5, 0.6) is 5.88 Å². The van der Waals surface area contributed by atoms with Crippen LogP contribution in [0.3, 0.4) is 0 Å². The van der Waals surface area contributed by atoms with Gasteiger partial charge in [0.25, 0.3) is 6.43 Å². The summed E-state index contributed by atoms with van der Waals surface area (Å²) in [6, 6.07) is 5.84. The highest BCUT2D eigenvalue weighted by atomic mass is 32.2. The number of benzene rings is 1. The van der Waals surface area contributed by atoms with Gasteiger partial charge in [0.05, 0.1) is 6.20 Å². The van der Waals surface area contributed by atoms with E-state index in [1.165, 1.54) is 19.2 Å². The summed E-state index contributed by atoms with van der Waals surface area (Å²) in [6.07, 6.45) is 0.333. The number of aromatic nitrogens is 2. The number of aryl methyl sites for hydroxylation is 2. The molecule has 0 spiro atoms. The summed E-state index contributed by atoms with van der Waals surface area (Å²) in [5.74, 6) is -1.85. The minimum absolute atomic E-state index is 0.142. The summed E-state index contributed by atoms with van der Waals surface area (Å²) in [5.41, 5.74) is -0.304. The Kier molecular flexibility index (Phi) is 8.66. The molecule has 0 bridgehead atoms. The molecule has 1 aromatic carbocycles. The van der Waals surface area contributed by atoms with Crippen molar-refractivity contribution in [3.63, 3.8) is 0 Å². The third kappa shape index (κ3) is 7.45. The molecule has 0 saturated heterocycles. The Balaban J connectivity index is 2.35. The van der Waals surface area contributed by atoms with Crippen LogP contribution in [0.25, 0.3) is 0 Å². The lowest BCUT2D eigenvalue weighted by molar-refractivity contribution is 0.104. The minimum atomic E-state index is -4.31. The number of halogens is 2. The van der Waals surface area contributed by atoms with E-state index in [0.717, 1.165) is 33.8 Å². The van der Waals surface area contributed by atoms with Crippen LogP contribution in [0, 0.1) is 6.92 Å². The molecule has 2 rings (SSSR count). The van der Waals surface area contributed by atoms with Crippen molar-refractivity contribution in [2.75, 3.05) is 19.2 Å². The molecule has 0 N–H and O–H groups in total. The number of sulfone groups is 1. The molecule has 2 aromatic rings. The van der Waals surface area contributed by atoms with Gasteiger partial charge in [-0.25, -0.2) is 21.9 Å². The second kappa shape index (κ2) is 10.9. The highest BCUT2D eigenvalue weighted by Crippen LogP contribution is 2.24. The Morgan fingerprint density at radius 1 is 1.21 bits per heavy atom. The van der Waals surface area contributed by atoms with E-state index >= 15 is 0 Å². The normalized spacial score (nSPS) is 13.0. The van der Waals surface area contributed by atoms with E-state index in [-0.39, 0.29) is 22.9 Å². The summed E-state index contributed by atoms with van der Waals surface area (Å²) in [7, 11) is -6.64. The largest absolute Gasteiger partial charge is 0.358 e. The van der Waals surface area contributed by atoms with E-state index in [0.29, 0.717) is 6.08 Å². The van der Waals surface area contributed by atoms with Crippen molar-refractivity contribution in [2.24, 2.45) is 5.10 Å². The number of ketones is 1. The maximum absolute atomic E-state index is 13.3. The molecule has 1 aromatic heterocycles. The summed E-state index contributed by atoms with van der Waals surface area (Å²) >= 11 is 0. The van der Waals surface area contributed by atoms with Crippen LogP contribution < -0.4 is 4.18 Å². The number of hydrogen-bond acceptors (Lipinski definition) is 9. The van der Waals surface area contributed by atoms with Gasteiger partial charge < -0.3 is 4.18 Å². The fourth-order valence-corrected chi connectivity index (χ4v) is 4.36. The lowest BCUT2D eigenvalue weighted by atomic mass is 10.2. The first kappa shape index (κ1) is 27.1. The van der Waals surface area contributed by atoms with Crippen LogP contribution in [0.2, 0.25) is 0 Å². The van der Waals surface area contributed by atoms with E-state index in [1.807, 2.05) is 0 Å². The quantitative estimate of drug-likeness (QED) is 0.146. The van der Waals surface area contributed by atoms with Crippen LogP contribution in [0.4, 0.5) is 8.78 Å². The third-order valence-electron chi connectivity index (χ3n) is 4.19. The van der Waals surface area contributed by atoms with Crippen LogP contribution in [0.15, 0.2) is 52.6 Å². The average Bonchev–Trinajstić information content (AvgIpc) is 3.11. The van der Waals surface area contributed by atoms with Crippen LogP contribution in [0.1, 0.15) is 22.8 Å². The number of nitrogens with zero attached hydrogens (tertiary/aromatic N) is 4. The third-order valence-corrected chi connectivity index (χ3v) is 6.26. The summed E-state index contributed by atoms with van der Waals surface area (Å²) in [5, 5.41) is 8.22. The standard InChI is InChI=1S/C20H24F2N4O6S2/c1-5-26-20(32-34(30,31)15-8-6-14(2)7-9-15)16(12-23-26)18(27)11-10-17(19(21)22)24-25(3)13-33(4,28)29/h6-12,19H,5,13H2,1-4H3/b11-10+,24-17+. The van der Waals surface area contributed by atoms with Crippen LogP contribution in [-0.2, 0) is 26.5 Å². The van der Waals surface area contributed by atoms with Crippen molar-refractivity contribution < 1.29 is 34.6 Å². The van der Waals surface area contributed by atoms with Gasteiger partial charge in [0.15, 0.2) is 15.6 Å². The van der Waals surface area contributed by atoms with Gasteiger partial charge in [-0.3, -0.25) is 9.80 Å². The number of alkyl halides is 2. The maximum Gasteiger partial charge on any atom is 0.340 e. The predicted octanol–water partition coefficient (Wildman–Crippen LogP) is 2.27. The van der Waals surface area contributed by atoms with Crippen molar-refractivity contribution in [3.8, 4) is 5.88 Å². The first-order chi connectivity index (χ1) is 15.7. The average molecular weight is 519 g/mol. The molecule has 0 radical (unpaired) electrons. The molecule has 0 unspecified atom stereocenters. The number of hydrazone groups is 1. The van der Waals surface area contributed by atoms with Gasteiger partial charge >= 0.3 is 10.1 Å². The summed E-state index contributed by atoms with van der Waals surface area (Å²) < 4.78 is 80.9. The first-order valence-corrected chi connectivity index (χ1v) is 13.2. The number of hydrogen-bond donors (Lipinski definition) is 0. The molecule has 0 atom stereocenters. The molecule has 0 saturated carbocycles. The lowest BCUT2D eigenvalue weighted by Crippen LogP contribution is -2.23. The SMILES string of the molecule is CCn1ncc(C(=O)/C=C/C(=N\N(C)CS(C)(=O)=O)C(F)F)c1OS(=O)(=O)c1ccc(C)cc1. The smallest absolute Gasteiger partial charge is 0.340 e. The van der Waals surface area contributed by atoms with Crippen molar-refractivity contribution in [3.05, 3.63) is 53.7 Å². The highest BCUT2D eigenvalue weighted by molar-refractivity contribution is 7.90. The van der Waals surface area contributed by atoms with Crippen LogP contribution >= 0.6 is 0 Å². The van der Waals surface area contributed by atoms with E-state index in [1.54, 1.807) is 26.0 Å². The molecule has 10 nitrogen and oxygen atoms in total. The maximum atomic E-state index is 13.3. The molecule has 1 heterocycles. The van der Waals surface area contributed by atoms with Gasteiger partial charge in [-0.15, -0.1) is 0 Å². The number of carbonyl (C=O) groups excluding carboxylic acids is 1. The molecular formula is C20H24F2N4O6S2. The molecular weight excluding hydrogens is 494 g/mol. The van der Waals surface area contributed by atoms with Crippen molar-refractivity contribution in [1.82, 2.24) is 14.8 Å². The molecule has 0 aliphatic rings. The summed E-state index contributed by atoms with van der Waals surface area (Å²) in [6.45, 7) is 3.58. The van der Waals surface area contributed by atoms with Gasteiger partial charge in [0, 0.05) is 19.8 Å². The number of rotatable bonds is 11. The molecule has 186 valence electrons. The fourth-order valence-electron chi connectivity index (χ4n) is 2.68. The van der Waals surface area contributed by atoms with E-state index in [2.05, 4.69) is 10.2 Å². The Labute approximate surface area is 196 Å². The highest BCUT2D eigenvalue weighted by Gasteiger charge is 2.25. The van der Waals surface area contributed by atoms with Gasteiger partial charge in [-0.1, -0.05) is 17.7 Å². The molecule has 14 heteroatoms. The van der Waals surface area contributed by atoms with E-state index in [9.17, 15) is 30.4 Å². The molecule has 0 fully saturated rings.